The fraction of sp³-hybridized carbons (Fsp3) is 0.188. The third-order valence-electron chi connectivity index (χ3n) is 3.20. The highest BCUT2D eigenvalue weighted by Crippen LogP contribution is 2.30. The van der Waals surface area contributed by atoms with Gasteiger partial charge in [-0.25, -0.2) is 0 Å². The molecule has 0 saturated carbocycles. The van der Waals surface area contributed by atoms with Crippen molar-refractivity contribution in [1.29, 1.82) is 0 Å². The van der Waals surface area contributed by atoms with Crippen molar-refractivity contribution in [2.45, 2.75) is 13.8 Å². The quantitative estimate of drug-likeness (QED) is 0.735. The third-order valence-corrected chi connectivity index (χ3v) is 3.20. The van der Waals surface area contributed by atoms with Crippen LogP contribution in [-0.2, 0) is 0 Å². The van der Waals surface area contributed by atoms with E-state index in [1.54, 1.807) is 12.3 Å². The molecular weight excluding hydrogens is 254 g/mol. The number of rotatable bonds is 4. The smallest absolute Gasteiger partial charge is 0.198 e. The molecule has 0 saturated heterocycles. The number of aromatic nitrogens is 1. The van der Waals surface area contributed by atoms with Crippen LogP contribution in [0.1, 0.15) is 28.6 Å². The van der Waals surface area contributed by atoms with Gasteiger partial charge in [-0.15, -0.1) is 0 Å². The maximum absolute atomic E-state index is 12.6. The monoisotopic (exact) mass is 269 g/mol. The maximum Gasteiger partial charge on any atom is 0.198 e. The zero-order valence-corrected chi connectivity index (χ0v) is 11.4. The Morgan fingerprint density at radius 1 is 1.40 bits per heavy atom. The lowest BCUT2D eigenvalue weighted by molar-refractivity contribution is 0.103. The number of hydrogen-bond donors (Lipinski definition) is 1. The highest BCUT2D eigenvalue weighted by Gasteiger charge is 2.18. The summed E-state index contributed by atoms with van der Waals surface area (Å²) < 4.78 is 10.8. The molecular formula is C16H15NO3. The van der Waals surface area contributed by atoms with Gasteiger partial charge in [0.1, 0.15) is 17.8 Å². The largest absolute Gasteiger partial charge is 0.493 e. The van der Waals surface area contributed by atoms with Gasteiger partial charge in [-0.2, -0.15) is 0 Å². The van der Waals surface area contributed by atoms with E-state index in [9.17, 15) is 4.79 Å². The molecule has 0 aliphatic heterocycles. The van der Waals surface area contributed by atoms with Crippen molar-refractivity contribution in [3.8, 4) is 5.75 Å². The lowest BCUT2D eigenvalue weighted by Crippen LogP contribution is -2.00. The van der Waals surface area contributed by atoms with E-state index in [1.165, 1.54) is 6.26 Å². The summed E-state index contributed by atoms with van der Waals surface area (Å²) in [7, 11) is 0. The Labute approximate surface area is 116 Å². The Hall–Kier alpha value is -2.49. The van der Waals surface area contributed by atoms with Crippen LogP contribution in [0, 0.1) is 6.92 Å². The third kappa shape index (κ3) is 1.99. The van der Waals surface area contributed by atoms with E-state index in [0.717, 1.165) is 22.4 Å². The first-order valence-corrected chi connectivity index (χ1v) is 6.53. The molecule has 4 heteroatoms. The number of hydrogen-bond acceptors (Lipinski definition) is 3. The van der Waals surface area contributed by atoms with Crippen molar-refractivity contribution in [1.82, 2.24) is 4.98 Å². The Kier molecular flexibility index (Phi) is 3.06. The van der Waals surface area contributed by atoms with Gasteiger partial charge in [0.05, 0.1) is 23.1 Å². The summed E-state index contributed by atoms with van der Waals surface area (Å²) in [4.78, 5) is 15.7. The van der Waals surface area contributed by atoms with Crippen molar-refractivity contribution in [3.63, 3.8) is 0 Å². The van der Waals surface area contributed by atoms with Crippen LogP contribution >= 0.6 is 0 Å². The predicted octanol–water partition coefficient (Wildman–Crippen LogP) is 3.70. The van der Waals surface area contributed by atoms with Crippen LogP contribution in [0.4, 0.5) is 0 Å². The molecule has 1 N–H and O–H groups in total. The summed E-state index contributed by atoms with van der Waals surface area (Å²) >= 11 is 0. The van der Waals surface area contributed by atoms with Crippen molar-refractivity contribution in [3.05, 3.63) is 53.6 Å². The van der Waals surface area contributed by atoms with E-state index >= 15 is 0 Å². The van der Waals surface area contributed by atoms with Gasteiger partial charge in [-0.1, -0.05) is 6.07 Å². The van der Waals surface area contributed by atoms with Gasteiger partial charge < -0.3 is 14.1 Å². The van der Waals surface area contributed by atoms with Gasteiger partial charge in [-0.3, -0.25) is 4.79 Å². The van der Waals surface area contributed by atoms with Gasteiger partial charge in [0, 0.05) is 11.7 Å². The first kappa shape index (κ1) is 12.5. The second-order valence-electron chi connectivity index (χ2n) is 4.59. The number of aryl methyl sites for hydroxylation is 1. The first-order valence-electron chi connectivity index (χ1n) is 6.53. The van der Waals surface area contributed by atoms with E-state index in [1.807, 2.05) is 32.0 Å². The topological polar surface area (TPSA) is 55.2 Å². The lowest BCUT2D eigenvalue weighted by Gasteiger charge is -2.05. The van der Waals surface area contributed by atoms with Crippen LogP contribution in [-0.4, -0.2) is 17.4 Å². The fourth-order valence-electron chi connectivity index (χ4n) is 2.32. The molecule has 3 aromatic rings. The molecule has 20 heavy (non-hydrogen) atoms. The number of furan rings is 1. The molecule has 0 fully saturated rings. The Bertz CT molecular complexity index is 767. The van der Waals surface area contributed by atoms with Crippen LogP contribution in [0.3, 0.4) is 0 Å². The molecule has 0 atom stereocenters. The van der Waals surface area contributed by atoms with Crippen LogP contribution in [0.2, 0.25) is 0 Å². The summed E-state index contributed by atoms with van der Waals surface area (Å²) in [5.41, 5.74) is 2.04. The number of carbonyl (C=O) groups is 1. The minimum atomic E-state index is -0.0692. The van der Waals surface area contributed by atoms with Crippen molar-refractivity contribution in [2.24, 2.45) is 0 Å². The molecule has 0 aliphatic carbocycles. The average Bonchev–Trinajstić information content (AvgIpc) is 3.05. The summed E-state index contributed by atoms with van der Waals surface area (Å²) in [5, 5.41) is 0.818. The summed E-state index contributed by atoms with van der Waals surface area (Å²) in [6.07, 6.45) is 3.21. The number of H-pyrrole nitrogens is 1. The highest BCUT2D eigenvalue weighted by molar-refractivity contribution is 6.17. The second kappa shape index (κ2) is 4.89. The molecule has 2 aromatic heterocycles. The first-order chi connectivity index (χ1) is 9.70. The molecule has 4 nitrogen and oxygen atoms in total. The van der Waals surface area contributed by atoms with Crippen molar-refractivity contribution < 1.29 is 13.9 Å². The summed E-state index contributed by atoms with van der Waals surface area (Å²) in [5.74, 6) is 1.37. The minimum Gasteiger partial charge on any atom is -0.493 e. The highest BCUT2D eigenvalue weighted by atomic mass is 16.5. The normalized spacial score (nSPS) is 10.9. The number of carbonyl (C=O) groups excluding carboxylic acids is 1. The number of fused-ring (bicyclic) bond motifs is 1. The van der Waals surface area contributed by atoms with Gasteiger partial charge >= 0.3 is 0 Å². The molecule has 2 heterocycles. The van der Waals surface area contributed by atoms with E-state index in [2.05, 4.69) is 4.98 Å². The molecule has 0 spiro atoms. The van der Waals surface area contributed by atoms with Crippen LogP contribution in [0.15, 0.2) is 41.1 Å². The second-order valence-corrected chi connectivity index (χ2v) is 4.59. The van der Waals surface area contributed by atoms with Gasteiger partial charge in [-0.05, 0) is 32.0 Å². The molecule has 1 aromatic carbocycles. The molecule has 0 aliphatic rings. The number of ketones is 1. The molecule has 0 radical (unpaired) electrons. The summed E-state index contributed by atoms with van der Waals surface area (Å²) in [6.45, 7) is 4.30. The molecule has 102 valence electrons. The standard InChI is InChI=1S/C16H15NO3/c1-3-19-14-6-4-5-13-15(14)12(8-17-13)16(18)11-7-10(2)20-9-11/h4-9,17H,3H2,1-2H3. The number of aromatic amines is 1. The maximum atomic E-state index is 12.6. The van der Waals surface area contributed by atoms with Crippen molar-refractivity contribution >= 4 is 16.7 Å². The zero-order chi connectivity index (χ0) is 14.1. The number of benzene rings is 1. The van der Waals surface area contributed by atoms with Crippen LogP contribution in [0.25, 0.3) is 10.9 Å². The van der Waals surface area contributed by atoms with E-state index < -0.39 is 0 Å². The lowest BCUT2D eigenvalue weighted by atomic mass is 10.0. The average molecular weight is 269 g/mol. The minimum absolute atomic E-state index is 0.0692. The Morgan fingerprint density at radius 2 is 2.25 bits per heavy atom. The number of ether oxygens (including phenoxy) is 1. The van der Waals surface area contributed by atoms with Gasteiger partial charge in [0.2, 0.25) is 0 Å². The predicted molar refractivity (Wildman–Crippen MR) is 76.3 cm³/mol. The SMILES string of the molecule is CCOc1cccc2[nH]cc(C(=O)c3coc(C)c3)c12. The van der Waals surface area contributed by atoms with Crippen LogP contribution in [0.5, 0.6) is 5.75 Å². The van der Waals surface area contributed by atoms with Crippen molar-refractivity contribution in [2.75, 3.05) is 6.61 Å². The van der Waals surface area contributed by atoms with E-state index in [0.29, 0.717) is 17.7 Å². The summed E-state index contributed by atoms with van der Waals surface area (Å²) in [6, 6.07) is 7.44. The van der Waals surface area contributed by atoms with E-state index in [4.69, 9.17) is 9.15 Å². The Balaban J connectivity index is 2.14. The van der Waals surface area contributed by atoms with Gasteiger partial charge in [0.15, 0.2) is 5.78 Å². The molecule has 3 rings (SSSR count). The fourth-order valence-corrected chi connectivity index (χ4v) is 2.32. The molecule has 0 unspecified atom stereocenters. The molecule has 0 bridgehead atoms. The van der Waals surface area contributed by atoms with Crippen LogP contribution < -0.4 is 4.74 Å². The zero-order valence-electron chi connectivity index (χ0n) is 11.4. The number of nitrogens with one attached hydrogen (secondary N) is 1. The van der Waals surface area contributed by atoms with Gasteiger partial charge in [0.25, 0.3) is 0 Å². The molecule has 0 amide bonds. The Morgan fingerprint density at radius 3 is 2.95 bits per heavy atom. The van der Waals surface area contributed by atoms with E-state index in [-0.39, 0.29) is 5.78 Å².